The van der Waals surface area contributed by atoms with Gasteiger partial charge in [-0.15, -0.1) is 0 Å². The zero-order valence-electron chi connectivity index (χ0n) is 16.6. The molecule has 5 heteroatoms. The molecule has 0 spiro atoms. The first kappa shape index (κ1) is 20.0. The Morgan fingerprint density at radius 1 is 1.00 bits per heavy atom. The number of carbonyl (C=O) groups is 2. The van der Waals surface area contributed by atoms with Gasteiger partial charge in [0.1, 0.15) is 5.82 Å². The van der Waals surface area contributed by atoms with Gasteiger partial charge in [0.05, 0.1) is 18.7 Å². The van der Waals surface area contributed by atoms with Gasteiger partial charge in [0, 0.05) is 16.7 Å². The number of fused-ring (bicyclic) bond motifs is 1. The number of hydrogen-bond donors (Lipinski definition) is 1. The van der Waals surface area contributed by atoms with E-state index in [0.717, 1.165) is 12.0 Å². The Morgan fingerprint density at radius 2 is 1.67 bits per heavy atom. The van der Waals surface area contributed by atoms with Crippen LogP contribution in [0.1, 0.15) is 40.4 Å². The Labute approximate surface area is 174 Å². The van der Waals surface area contributed by atoms with Gasteiger partial charge in [0.15, 0.2) is 11.4 Å². The van der Waals surface area contributed by atoms with Gasteiger partial charge in [-0.05, 0) is 24.1 Å². The van der Waals surface area contributed by atoms with E-state index in [9.17, 15) is 19.1 Å². The lowest BCUT2D eigenvalue weighted by molar-refractivity contribution is -0.136. The van der Waals surface area contributed by atoms with Gasteiger partial charge in [0.2, 0.25) is 0 Å². The molecule has 152 valence electrons. The summed E-state index contributed by atoms with van der Waals surface area (Å²) in [6.07, 6.45) is 0.483. The Hall–Kier alpha value is -3.31. The van der Waals surface area contributed by atoms with Crippen LogP contribution in [0.15, 0.2) is 72.8 Å². The molecule has 3 aromatic rings. The largest absolute Gasteiger partial charge is 0.375 e. The summed E-state index contributed by atoms with van der Waals surface area (Å²) in [5.41, 5.74) is 0.753. The first-order valence-electron chi connectivity index (χ1n) is 9.93. The third kappa shape index (κ3) is 3.42. The molecular weight excluding hydrogens is 381 g/mol. The van der Waals surface area contributed by atoms with Gasteiger partial charge in [0.25, 0.3) is 5.91 Å². The normalized spacial score (nSPS) is 17.8. The quantitative estimate of drug-likeness (QED) is 0.621. The van der Waals surface area contributed by atoms with E-state index in [1.165, 1.54) is 11.0 Å². The monoisotopic (exact) mass is 403 g/mol. The summed E-state index contributed by atoms with van der Waals surface area (Å²) in [5.74, 6) is -1.37. The lowest BCUT2D eigenvalue weighted by Crippen LogP contribution is -2.41. The van der Waals surface area contributed by atoms with Crippen LogP contribution in [0.25, 0.3) is 0 Å². The van der Waals surface area contributed by atoms with Crippen LogP contribution in [-0.4, -0.2) is 16.8 Å². The topological polar surface area (TPSA) is 57.6 Å². The third-order valence-electron chi connectivity index (χ3n) is 5.63. The molecule has 0 bridgehead atoms. The van der Waals surface area contributed by atoms with Crippen molar-refractivity contribution in [3.8, 4) is 0 Å². The number of benzene rings is 3. The fourth-order valence-electron chi connectivity index (χ4n) is 3.89. The maximum atomic E-state index is 14.2. The second-order valence-electron chi connectivity index (χ2n) is 7.51. The van der Waals surface area contributed by atoms with Crippen LogP contribution in [0, 0.1) is 5.82 Å². The van der Waals surface area contributed by atoms with Crippen molar-refractivity contribution in [1.29, 1.82) is 0 Å². The summed E-state index contributed by atoms with van der Waals surface area (Å²) < 4.78 is 14.2. The van der Waals surface area contributed by atoms with Crippen LogP contribution in [0.3, 0.4) is 0 Å². The average Bonchev–Trinajstić information content (AvgIpc) is 2.97. The predicted octanol–water partition coefficient (Wildman–Crippen LogP) is 4.40. The van der Waals surface area contributed by atoms with E-state index in [1.807, 2.05) is 19.1 Å². The average molecular weight is 403 g/mol. The van der Waals surface area contributed by atoms with Gasteiger partial charge < -0.3 is 10.0 Å². The van der Waals surface area contributed by atoms with E-state index in [2.05, 4.69) is 0 Å². The Balaban J connectivity index is 1.66. The molecule has 1 heterocycles. The first-order valence-corrected chi connectivity index (χ1v) is 9.93. The van der Waals surface area contributed by atoms with Crippen molar-refractivity contribution in [2.75, 3.05) is 4.90 Å². The fraction of sp³-hybridized carbons (Fsp3) is 0.200. The van der Waals surface area contributed by atoms with Crippen LogP contribution in [-0.2, 0) is 23.4 Å². The number of nitrogens with zero attached hydrogens (tertiary/aromatic N) is 1. The van der Waals surface area contributed by atoms with Gasteiger partial charge in [-0.25, -0.2) is 4.39 Å². The molecule has 1 amide bonds. The predicted molar refractivity (Wildman–Crippen MR) is 113 cm³/mol. The summed E-state index contributed by atoms with van der Waals surface area (Å²) in [4.78, 5) is 27.5. The number of rotatable bonds is 6. The molecule has 30 heavy (non-hydrogen) atoms. The molecular formula is C25H22FNO3. The fourth-order valence-corrected chi connectivity index (χ4v) is 3.89. The standard InChI is InChI=1S/C25H22FNO3/c1-2-17-11-13-18(14-12-17)23(28)15-25(30)20-8-4-6-10-22(20)27(24(25)29)16-19-7-3-5-9-21(19)26/h3-14,30H,2,15-16H2,1H3/t25-/m0/s1. The van der Waals surface area contributed by atoms with Crippen molar-refractivity contribution < 1.29 is 19.1 Å². The van der Waals surface area contributed by atoms with Gasteiger partial charge in [-0.1, -0.05) is 67.6 Å². The van der Waals surface area contributed by atoms with Crippen molar-refractivity contribution in [2.45, 2.75) is 31.9 Å². The second kappa shape index (κ2) is 7.84. The molecule has 0 aliphatic carbocycles. The number of ketones is 1. The number of anilines is 1. The highest BCUT2D eigenvalue weighted by Crippen LogP contribution is 2.43. The van der Waals surface area contributed by atoms with Crippen molar-refractivity contribution in [3.05, 3.63) is 101 Å². The molecule has 4 nitrogen and oxygen atoms in total. The molecule has 0 radical (unpaired) electrons. The number of aliphatic hydroxyl groups is 1. The zero-order chi connectivity index (χ0) is 21.3. The number of amides is 1. The molecule has 1 N–H and O–H groups in total. The molecule has 3 aromatic carbocycles. The Morgan fingerprint density at radius 3 is 2.37 bits per heavy atom. The second-order valence-corrected chi connectivity index (χ2v) is 7.51. The summed E-state index contributed by atoms with van der Waals surface area (Å²) in [7, 11) is 0. The van der Waals surface area contributed by atoms with Crippen molar-refractivity contribution in [2.24, 2.45) is 0 Å². The summed E-state index contributed by atoms with van der Waals surface area (Å²) >= 11 is 0. The van der Waals surface area contributed by atoms with E-state index < -0.39 is 17.3 Å². The molecule has 0 aromatic heterocycles. The molecule has 1 aliphatic rings. The highest BCUT2D eigenvalue weighted by molar-refractivity contribution is 6.10. The molecule has 0 saturated heterocycles. The number of halogens is 1. The molecule has 1 atom stereocenters. The molecule has 1 aliphatic heterocycles. The minimum atomic E-state index is -1.98. The van der Waals surface area contributed by atoms with Crippen LogP contribution in [0.2, 0.25) is 0 Å². The van der Waals surface area contributed by atoms with Crippen LogP contribution < -0.4 is 4.90 Å². The third-order valence-corrected chi connectivity index (χ3v) is 5.63. The van der Waals surface area contributed by atoms with Crippen molar-refractivity contribution in [3.63, 3.8) is 0 Å². The molecule has 0 unspecified atom stereocenters. The van der Waals surface area contributed by atoms with Crippen LogP contribution >= 0.6 is 0 Å². The number of Topliss-reactive ketones (excluding diaryl/α,β-unsaturated/α-hetero) is 1. The number of carbonyl (C=O) groups excluding carboxylic acids is 2. The van der Waals surface area contributed by atoms with E-state index in [1.54, 1.807) is 54.6 Å². The van der Waals surface area contributed by atoms with E-state index in [0.29, 0.717) is 22.4 Å². The summed E-state index contributed by atoms with van der Waals surface area (Å²) in [6, 6.07) is 20.2. The van der Waals surface area contributed by atoms with Crippen molar-refractivity contribution in [1.82, 2.24) is 0 Å². The van der Waals surface area contributed by atoms with E-state index in [-0.39, 0.29) is 18.7 Å². The van der Waals surface area contributed by atoms with Crippen molar-refractivity contribution >= 4 is 17.4 Å². The lowest BCUT2D eigenvalue weighted by atomic mass is 9.88. The zero-order valence-corrected chi connectivity index (χ0v) is 16.6. The SMILES string of the molecule is CCc1ccc(C(=O)C[C@@]2(O)C(=O)N(Cc3ccccc3F)c3ccccc32)cc1. The molecule has 0 fully saturated rings. The number of aryl methyl sites for hydroxylation is 1. The smallest absolute Gasteiger partial charge is 0.264 e. The minimum absolute atomic E-state index is 0.0236. The number of hydrogen-bond acceptors (Lipinski definition) is 3. The highest BCUT2D eigenvalue weighted by atomic mass is 19.1. The van der Waals surface area contributed by atoms with Gasteiger partial charge in [-0.3, -0.25) is 9.59 Å². The number of para-hydroxylation sites is 1. The van der Waals surface area contributed by atoms with E-state index >= 15 is 0 Å². The first-order chi connectivity index (χ1) is 14.4. The van der Waals surface area contributed by atoms with E-state index in [4.69, 9.17) is 0 Å². The maximum Gasteiger partial charge on any atom is 0.264 e. The minimum Gasteiger partial charge on any atom is -0.375 e. The highest BCUT2D eigenvalue weighted by Gasteiger charge is 2.50. The van der Waals surface area contributed by atoms with Crippen LogP contribution in [0.5, 0.6) is 0 Å². The summed E-state index contributed by atoms with van der Waals surface area (Å²) in [6.45, 7) is 2.00. The van der Waals surface area contributed by atoms with Gasteiger partial charge in [-0.2, -0.15) is 0 Å². The maximum absolute atomic E-state index is 14.2. The lowest BCUT2D eigenvalue weighted by Gasteiger charge is -2.23. The van der Waals surface area contributed by atoms with Gasteiger partial charge >= 0.3 is 0 Å². The Bertz CT molecular complexity index is 1110. The Kier molecular flexibility index (Phi) is 5.22. The summed E-state index contributed by atoms with van der Waals surface area (Å²) in [5, 5.41) is 11.4. The molecule has 0 saturated carbocycles. The van der Waals surface area contributed by atoms with Crippen LogP contribution in [0.4, 0.5) is 10.1 Å². The molecule has 4 rings (SSSR count).